The van der Waals surface area contributed by atoms with E-state index in [2.05, 4.69) is 0 Å². The molecule has 0 aromatic heterocycles. The Bertz CT molecular complexity index is 65.7. The van der Waals surface area contributed by atoms with Gasteiger partial charge in [0.1, 0.15) is 0 Å². The molecule has 0 aromatic rings. The molecule has 1 N–H and O–H groups in total. The molecule has 0 heterocycles. The van der Waals surface area contributed by atoms with Gasteiger partial charge in [-0.2, -0.15) is 0 Å². The molecule has 0 aliphatic heterocycles. The van der Waals surface area contributed by atoms with Gasteiger partial charge in [-0.1, -0.05) is 0 Å². The van der Waals surface area contributed by atoms with Crippen molar-refractivity contribution in [1.82, 2.24) is 0 Å². The first-order valence-electron chi connectivity index (χ1n) is 0.565. The normalized spacial score (nSPS) is 4.17. The first-order valence-corrected chi connectivity index (χ1v) is 2.33. The summed E-state index contributed by atoms with van der Waals surface area (Å²) in [5.74, 6) is 0. The van der Waals surface area contributed by atoms with Crippen LogP contribution in [0.25, 0.3) is 0 Å². The molecule has 0 fully saturated rings. The van der Waals surface area contributed by atoms with Crippen molar-refractivity contribution in [3.05, 3.63) is 0 Å². The van der Waals surface area contributed by atoms with Crippen LogP contribution in [0.2, 0.25) is 0 Å². The third-order valence-corrected chi connectivity index (χ3v) is 0. The van der Waals surface area contributed by atoms with Gasteiger partial charge in [-0.05, 0) is 0 Å². The third-order valence-electron chi connectivity index (χ3n) is 0. The topological polar surface area (TPSA) is 54.4 Å². The zero-order valence-corrected chi connectivity index (χ0v) is 8.23. The van der Waals surface area contributed by atoms with Crippen LogP contribution in [0.1, 0.15) is 2.85 Å². The zero-order valence-electron chi connectivity index (χ0n) is 5.71. The van der Waals surface area contributed by atoms with Gasteiger partial charge in [-0.25, -0.2) is 0 Å². The van der Waals surface area contributed by atoms with Crippen LogP contribution in [0.5, 0.6) is 0 Å². The summed E-state index contributed by atoms with van der Waals surface area (Å²) in [5, 5.41) is 0. The molecule has 0 rings (SSSR count). The SMILES string of the molecule is [H-].[H-].[K+].[Li+].[O]=[V](=[O])[OH]. The molecule has 6 heteroatoms. The molecule has 0 aliphatic carbocycles. The number of rotatable bonds is 0. The summed E-state index contributed by atoms with van der Waals surface area (Å²) >= 11 is -3.69. The van der Waals surface area contributed by atoms with Crippen LogP contribution in [-0.4, -0.2) is 4.03 Å². The van der Waals surface area contributed by atoms with E-state index in [-0.39, 0.29) is 73.1 Å². The van der Waals surface area contributed by atoms with E-state index in [0.717, 1.165) is 0 Å². The Morgan fingerprint density at radius 1 is 1.50 bits per heavy atom. The van der Waals surface area contributed by atoms with Crippen LogP contribution in [0.3, 0.4) is 0 Å². The Labute approximate surface area is 97.8 Å². The quantitative estimate of drug-likeness (QED) is 0.347. The summed E-state index contributed by atoms with van der Waals surface area (Å²) in [4.78, 5) is 0. The molecule has 0 radical (unpaired) electrons. The standard InChI is InChI=1S/K.Li.H2O.2O.V.2H/h;;1H2;;;;;/q2*+1;;;;+1;2*-1/p-1. The summed E-state index contributed by atoms with van der Waals surface area (Å²) < 4.78 is 24.4. The Kier molecular flexibility index (Phi) is 27.3. The van der Waals surface area contributed by atoms with E-state index in [1.807, 2.05) is 0 Å². The van der Waals surface area contributed by atoms with Crippen LogP contribution < -0.4 is 70.2 Å². The Morgan fingerprint density at radius 2 is 1.50 bits per heavy atom. The first-order chi connectivity index (χ1) is 1.73. The molecule has 0 saturated carbocycles. The minimum atomic E-state index is -3.69. The summed E-state index contributed by atoms with van der Waals surface area (Å²) in [5.41, 5.74) is 0. The Balaban J connectivity index is -0.00000000750. The average molecular weight is 148 g/mol. The van der Waals surface area contributed by atoms with Gasteiger partial charge < -0.3 is 2.85 Å². The van der Waals surface area contributed by atoms with Crippen LogP contribution in [-0.2, 0) is 22.7 Å². The molecule has 0 saturated heterocycles. The van der Waals surface area contributed by atoms with Crippen molar-refractivity contribution in [1.29, 1.82) is 0 Å². The molecule has 3 nitrogen and oxygen atoms in total. The van der Waals surface area contributed by atoms with E-state index in [1.54, 1.807) is 0 Å². The third kappa shape index (κ3) is 32.6. The van der Waals surface area contributed by atoms with Crippen LogP contribution in [0, 0.1) is 0 Å². The molecule has 0 amide bonds. The fourth-order valence-corrected chi connectivity index (χ4v) is 0. The summed E-state index contributed by atoms with van der Waals surface area (Å²) in [7, 11) is 0. The Morgan fingerprint density at radius 3 is 1.50 bits per heavy atom. The van der Waals surface area contributed by atoms with Crippen molar-refractivity contribution in [3.63, 3.8) is 0 Å². The summed E-state index contributed by atoms with van der Waals surface area (Å²) in [6, 6.07) is 0. The second-order valence-electron chi connectivity index (χ2n) is 0.238. The van der Waals surface area contributed by atoms with Gasteiger partial charge in [0.05, 0.1) is 0 Å². The van der Waals surface area contributed by atoms with Crippen LogP contribution in [0.15, 0.2) is 0 Å². The zero-order chi connectivity index (χ0) is 3.58. The van der Waals surface area contributed by atoms with Gasteiger partial charge in [-0.3, -0.25) is 0 Å². The summed E-state index contributed by atoms with van der Waals surface area (Å²) in [6.45, 7) is 0. The van der Waals surface area contributed by atoms with Gasteiger partial charge in [0, 0.05) is 0 Å². The van der Waals surface area contributed by atoms with Gasteiger partial charge >= 0.3 is 97.0 Å². The van der Waals surface area contributed by atoms with E-state index in [1.165, 1.54) is 0 Å². The minimum absolute atomic E-state index is 0. The predicted octanol–water partition coefficient (Wildman–Crippen LogP) is -6.56. The average Bonchev–Trinajstić information content (AvgIpc) is 0.811. The van der Waals surface area contributed by atoms with Gasteiger partial charge in [-0.15, -0.1) is 0 Å². The van der Waals surface area contributed by atoms with Crippen LogP contribution in [0.4, 0.5) is 0 Å². The van der Waals surface area contributed by atoms with Gasteiger partial charge in [0.2, 0.25) is 0 Å². The summed E-state index contributed by atoms with van der Waals surface area (Å²) in [6.07, 6.45) is 0. The molecule has 28 valence electrons. The van der Waals surface area contributed by atoms with E-state index in [9.17, 15) is 0 Å². The van der Waals surface area contributed by atoms with Gasteiger partial charge in [0.15, 0.2) is 0 Å². The monoisotopic (exact) mass is 148 g/mol. The van der Waals surface area contributed by atoms with E-state index in [4.69, 9.17) is 11.4 Å². The fraction of sp³-hybridized carbons (Fsp3) is 0. The fourth-order valence-electron chi connectivity index (χ4n) is 0. The molecular formula is H3KLiO3V. The van der Waals surface area contributed by atoms with Crippen molar-refractivity contribution < 1.29 is 99.9 Å². The second kappa shape index (κ2) is 10.4. The van der Waals surface area contributed by atoms with E-state index in [0.29, 0.717) is 0 Å². The second-order valence-corrected chi connectivity index (χ2v) is 0.981. The van der Waals surface area contributed by atoms with Crippen molar-refractivity contribution in [2.45, 2.75) is 0 Å². The maximum absolute atomic E-state index is 8.67. The Hall–Kier alpha value is 2.38. The first kappa shape index (κ1) is 15.8. The van der Waals surface area contributed by atoms with E-state index >= 15 is 0 Å². The molecule has 0 atom stereocenters. The van der Waals surface area contributed by atoms with Crippen molar-refractivity contribution in [3.8, 4) is 0 Å². The molecule has 0 aromatic carbocycles. The van der Waals surface area contributed by atoms with E-state index < -0.39 is 15.4 Å². The van der Waals surface area contributed by atoms with Crippen molar-refractivity contribution in [2.24, 2.45) is 0 Å². The van der Waals surface area contributed by atoms with Crippen molar-refractivity contribution >= 4 is 0 Å². The predicted molar refractivity (Wildman–Crippen MR) is 5.82 cm³/mol. The molecule has 6 heavy (non-hydrogen) atoms. The van der Waals surface area contributed by atoms with Gasteiger partial charge in [0.25, 0.3) is 0 Å². The maximum atomic E-state index is 8.67. The molecule has 0 unspecified atom stereocenters. The molecule has 0 spiro atoms. The van der Waals surface area contributed by atoms with Crippen molar-refractivity contribution in [2.75, 3.05) is 0 Å². The molecule has 0 bridgehead atoms. The molecular weight excluding hydrogens is 145 g/mol. The molecule has 0 aliphatic rings. The number of hydrogen-bond acceptors (Lipinski definition) is 2. The number of hydrogen-bond donors (Lipinski definition) is 1. The van der Waals surface area contributed by atoms with Crippen LogP contribution >= 0.6 is 0 Å².